The number of hydrogen-bond donors (Lipinski definition) is 1. The molecule has 2 heterocycles. The monoisotopic (exact) mass is 265 g/mol. The summed E-state index contributed by atoms with van der Waals surface area (Å²) < 4.78 is 10.8. The predicted molar refractivity (Wildman–Crippen MR) is 70.8 cm³/mol. The van der Waals surface area contributed by atoms with E-state index >= 15 is 0 Å². The van der Waals surface area contributed by atoms with Gasteiger partial charge in [-0.2, -0.15) is 4.98 Å². The van der Waals surface area contributed by atoms with Crippen LogP contribution in [-0.2, 0) is 11.2 Å². The van der Waals surface area contributed by atoms with E-state index in [1.807, 2.05) is 0 Å². The molecule has 2 fully saturated rings. The Balaban J connectivity index is 1.68. The fraction of sp³-hybridized carbons (Fsp3) is 0.857. The number of rotatable bonds is 4. The van der Waals surface area contributed by atoms with Gasteiger partial charge in [0.05, 0.1) is 6.61 Å². The van der Waals surface area contributed by atoms with Gasteiger partial charge in [-0.15, -0.1) is 0 Å². The largest absolute Gasteiger partial charge is 0.381 e. The van der Waals surface area contributed by atoms with Gasteiger partial charge in [0.15, 0.2) is 5.82 Å². The number of aromatic nitrogens is 2. The van der Waals surface area contributed by atoms with E-state index in [1.165, 1.54) is 32.1 Å². The van der Waals surface area contributed by atoms with Crippen LogP contribution in [0.4, 0.5) is 0 Å². The van der Waals surface area contributed by atoms with Crippen LogP contribution in [0.2, 0.25) is 0 Å². The summed E-state index contributed by atoms with van der Waals surface area (Å²) >= 11 is 0. The molecule has 1 unspecified atom stereocenters. The first kappa shape index (κ1) is 13.1. The molecule has 5 nitrogen and oxygen atoms in total. The molecule has 5 heteroatoms. The molecular weight excluding hydrogens is 242 g/mol. The lowest BCUT2D eigenvalue weighted by Gasteiger charge is -2.34. The van der Waals surface area contributed by atoms with E-state index in [-0.39, 0.29) is 5.41 Å². The van der Waals surface area contributed by atoms with Crippen molar-refractivity contribution < 1.29 is 9.26 Å². The zero-order valence-corrected chi connectivity index (χ0v) is 11.4. The van der Waals surface area contributed by atoms with Crippen LogP contribution in [0.1, 0.15) is 56.2 Å². The molecule has 1 aliphatic carbocycles. The fourth-order valence-corrected chi connectivity index (χ4v) is 3.32. The van der Waals surface area contributed by atoms with Crippen LogP contribution < -0.4 is 5.73 Å². The summed E-state index contributed by atoms with van der Waals surface area (Å²) in [4.78, 5) is 4.57. The molecular formula is C14H23N3O2. The topological polar surface area (TPSA) is 74.2 Å². The number of nitrogens with zero attached hydrogens (tertiary/aromatic N) is 2. The van der Waals surface area contributed by atoms with E-state index in [1.54, 1.807) is 0 Å². The van der Waals surface area contributed by atoms with Crippen molar-refractivity contribution in [2.75, 3.05) is 19.8 Å². The van der Waals surface area contributed by atoms with Crippen LogP contribution in [0.15, 0.2) is 4.52 Å². The second-order valence-corrected chi connectivity index (χ2v) is 6.05. The molecule has 0 radical (unpaired) electrons. The smallest absolute Gasteiger partial charge is 0.227 e. The normalized spacial score (nSPS) is 26.7. The Kier molecular flexibility index (Phi) is 3.84. The Labute approximate surface area is 113 Å². The van der Waals surface area contributed by atoms with Gasteiger partial charge >= 0.3 is 0 Å². The van der Waals surface area contributed by atoms with Gasteiger partial charge < -0.3 is 15.0 Å². The Morgan fingerprint density at radius 2 is 2.11 bits per heavy atom. The third kappa shape index (κ3) is 2.82. The maximum Gasteiger partial charge on any atom is 0.227 e. The summed E-state index contributed by atoms with van der Waals surface area (Å²) in [5, 5.41) is 4.12. The lowest BCUT2D eigenvalue weighted by molar-refractivity contribution is 0.177. The van der Waals surface area contributed by atoms with Crippen molar-refractivity contribution in [2.45, 2.75) is 50.9 Å². The maximum atomic E-state index is 6.01. The molecule has 1 atom stereocenters. The first-order valence-electron chi connectivity index (χ1n) is 7.42. The van der Waals surface area contributed by atoms with Crippen molar-refractivity contribution >= 4 is 0 Å². The van der Waals surface area contributed by atoms with Crippen molar-refractivity contribution in [1.82, 2.24) is 10.1 Å². The Hall–Kier alpha value is -0.940. The standard InChI is InChI=1S/C14H23N3O2/c15-10-14(5-2-1-3-6-14)8-12-16-13(17-19-12)11-4-7-18-9-11/h11H,1-10,15H2. The van der Waals surface area contributed by atoms with Crippen molar-refractivity contribution in [2.24, 2.45) is 11.1 Å². The lowest BCUT2D eigenvalue weighted by atomic mass is 9.72. The summed E-state index contributed by atoms with van der Waals surface area (Å²) in [7, 11) is 0. The molecule has 1 aromatic heterocycles. The van der Waals surface area contributed by atoms with Crippen molar-refractivity contribution in [1.29, 1.82) is 0 Å². The van der Waals surface area contributed by atoms with Gasteiger partial charge in [0.25, 0.3) is 0 Å². The SMILES string of the molecule is NCC1(Cc2nc(C3CCOC3)no2)CCCCC1. The van der Waals surface area contributed by atoms with Crippen LogP contribution in [0.3, 0.4) is 0 Å². The van der Waals surface area contributed by atoms with Crippen LogP contribution in [0, 0.1) is 5.41 Å². The van der Waals surface area contributed by atoms with Gasteiger partial charge in [-0.3, -0.25) is 0 Å². The molecule has 1 saturated heterocycles. The molecule has 0 aromatic carbocycles. The molecule has 2 N–H and O–H groups in total. The van der Waals surface area contributed by atoms with Crippen LogP contribution in [-0.4, -0.2) is 29.9 Å². The van der Waals surface area contributed by atoms with E-state index in [4.69, 9.17) is 15.0 Å². The highest BCUT2D eigenvalue weighted by molar-refractivity contribution is 5.00. The highest BCUT2D eigenvalue weighted by Crippen LogP contribution is 2.38. The molecule has 19 heavy (non-hydrogen) atoms. The minimum Gasteiger partial charge on any atom is -0.381 e. The second kappa shape index (κ2) is 5.59. The molecule has 2 aliphatic rings. The summed E-state index contributed by atoms with van der Waals surface area (Å²) in [6, 6.07) is 0. The first-order valence-corrected chi connectivity index (χ1v) is 7.42. The molecule has 1 aliphatic heterocycles. The minimum absolute atomic E-state index is 0.189. The van der Waals surface area contributed by atoms with E-state index in [0.717, 1.165) is 44.3 Å². The van der Waals surface area contributed by atoms with E-state index in [2.05, 4.69) is 10.1 Å². The highest BCUT2D eigenvalue weighted by Gasteiger charge is 2.33. The summed E-state index contributed by atoms with van der Waals surface area (Å²) in [6.45, 7) is 2.25. The van der Waals surface area contributed by atoms with Crippen LogP contribution in [0.5, 0.6) is 0 Å². The molecule has 0 bridgehead atoms. The van der Waals surface area contributed by atoms with Gasteiger partial charge in [-0.25, -0.2) is 0 Å². The average molecular weight is 265 g/mol. The molecule has 1 saturated carbocycles. The summed E-state index contributed by atoms with van der Waals surface area (Å²) in [5.41, 5.74) is 6.19. The van der Waals surface area contributed by atoms with Crippen molar-refractivity contribution in [3.05, 3.63) is 11.7 Å². The fourth-order valence-electron chi connectivity index (χ4n) is 3.32. The molecule has 0 amide bonds. The van der Waals surface area contributed by atoms with E-state index < -0.39 is 0 Å². The molecule has 0 spiro atoms. The highest BCUT2D eigenvalue weighted by atomic mass is 16.5. The third-order valence-corrected chi connectivity index (χ3v) is 4.65. The zero-order valence-electron chi connectivity index (χ0n) is 11.4. The van der Waals surface area contributed by atoms with Crippen LogP contribution >= 0.6 is 0 Å². The Morgan fingerprint density at radius 3 is 2.79 bits per heavy atom. The van der Waals surface area contributed by atoms with Crippen molar-refractivity contribution in [3.63, 3.8) is 0 Å². The number of hydrogen-bond acceptors (Lipinski definition) is 5. The Morgan fingerprint density at radius 1 is 1.26 bits per heavy atom. The van der Waals surface area contributed by atoms with Gasteiger partial charge in [-0.05, 0) is 31.2 Å². The van der Waals surface area contributed by atoms with Crippen molar-refractivity contribution in [3.8, 4) is 0 Å². The first-order chi connectivity index (χ1) is 9.31. The van der Waals surface area contributed by atoms with E-state index in [9.17, 15) is 0 Å². The van der Waals surface area contributed by atoms with Gasteiger partial charge in [0.1, 0.15) is 0 Å². The summed E-state index contributed by atoms with van der Waals surface area (Å²) in [5.74, 6) is 1.89. The van der Waals surface area contributed by atoms with Crippen LogP contribution in [0.25, 0.3) is 0 Å². The number of ether oxygens (including phenoxy) is 1. The van der Waals surface area contributed by atoms with E-state index in [0.29, 0.717) is 5.92 Å². The summed E-state index contributed by atoms with van der Waals surface area (Å²) in [6.07, 6.45) is 8.09. The van der Waals surface area contributed by atoms with Gasteiger partial charge in [0, 0.05) is 18.9 Å². The minimum atomic E-state index is 0.189. The predicted octanol–water partition coefficient (Wildman–Crippen LogP) is 2.03. The molecule has 3 rings (SSSR count). The second-order valence-electron chi connectivity index (χ2n) is 6.05. The zero-order chi connectivity index (χ0) is 13.1. The maximum absolute atomic E-state index is 6.01. The molecule has 106 valence electrons. The lowest BCUT2D eigenvalue weighted by Crippen LogP contribution is -2.35. The third-order valence-electron chi connectivity index (χ3n) is 4.65. The quantitative estimate of drug-likeness (QED) is 0.901. The number of nitrogens with two attached hydrogens (primary N) is 1. The Bertz CT molecular complexity index is 407. The van der Waals surface area contributed by atoms with Gasteiger partial charge in [-0.1, -0.05) is 24.4 Å². The molecule has 1 aromatic rings. The van der Waals surface area contributed by atoms with Gasteiger partial charge in [0.2, 0.25) is 5.89 Å². The average Bonchev–Trinajstić information content (AvgIpc) is 3.10.